The number of aryl methyl sites for hydroxylation is 1. The summed E-state index contributed by atoms with van der Waals surface area (Å²) < 4.78 is 1.89. The molecule has 0 amide bonds. The van der Waals surface area contributed by atoms with Gasteiger partial charge in [0.15, 0.2) is 11.5 Å². The van der Waals surface area contributed by atoms with Crippen molar-refractivity contribution in [2.24, 2.45) is 0 Å². The van der Waals surface area contributed by atoms with Gasteiger partial charge in [-0.2, -0.15) is 5.10 Å². The number of hydrogen-bond acceptors (Lipinski definition) is 3. The third-order valence-electron chi connectivity index (χ3n) is 3.24. The van der Waals surface area contributed by atoms with E-state index in [0.29, 0.717) is 5.92 Å². The van der Waals surface area contributed by atoms with Crippen molar-refractivity contribution in [3.8, 4) is 0 Å². The molecule has 4 nitrogen and oxygen atoms in total. The van der Waals surface area contributed by atoms with E-state index in [-0.39, 0.29) is 0 Å². The van der Waals surface area contributed by atoms with Crippen molar-refractivity contribution in [1.82, 2.24) is 19.9 Å². The Morgan fingerprint density at radius 1 is 1.50 bits per heavy atom. The molecule has 1 saturated heterocycles. The standard InChI is InChI=1S/C12H16N4/c1-9-4-3-7-16-12(9)14-11(15-16)10-5-2-6-13-8-10/h3-4,7,10,13H,2,5-6,8H2,1H3. The van der Waals surface area contributed by atoms with Crippen LogP contribution in [0, 0.1) is 6.92 Å². The maximum Gasteiger partial charge on any atom is 0.158 e. The summed E-state index contributed by atoms with van der Waals surface area (Å²) >= 11 is 0. The number of nitrogens with zero attached hydrogens (tertiary/aromatic N) is 3. The molecule has 0 saturated carbocycles. The van der Waals surface area contributed by atoms with Crippen LogP contribution in [0.5, 0.6) is 0 Å². The van der Waals surface area contributed by atoms with Gasteiger partial charge >= 0.3 is 0 Å². The zero-order valence-electron chi connectivity index (χ0n) is 9.48. The highest BCUT2D eigenvalue weighted by Crippen LogP contribution is 2.21. The Hall–Kier alpha value is -1.42. The molecule has 1 unspecified atom stereocenters. The van der Waals surface area contributed by atoms with Crippen molar-refractivity contribution in [2.45, 2.75) is 25.7 Å². The number of aromatic nitrogens is 3. The van der Waals surface area contributed by atoms with Crippen LogP contribution in [0.4, 0.5) is 0 Å². The van der Waals surface area contributed by atoms with E-state index < -0.39 is 0 Å². The first-order valence-electron chi connectivity index (χ1n) is 5.87. The van der Waals surface area contributed by atoms with Gasteiger partial charge in [0.2, 0.25) is 0 Å². The molecule has 1 N–H and O–H groups in total. The summed E-state index contributed by atoms with van der Waals surface area (Å²) in [6, 6.07) is 4.09. The van der Waals surface area contributed by atoms with Gasteiger partial charge in [-0.3, -0.25) is 0 Å². The highest BCUT2D eigenvalue weighted by Gasteiger charge is 2.19. The second kappa shape index (κ2) is 3.87. The lowest BCUT2D eigenvalue weighted by Gasteiger charge is -2.19. The first-order valence-corrected chi connectivity index (χ1v) is 5.87. The molecule has 1 aliphatic rings. The lowest BCUT2D eigenvalue weighted by molar-refractivity contribution is 0.447. The summed E-state index contributed by atoms with van der Waals surface area (Å²) in [5, 5.41) is 7.97. The van der Waals surface area contributed by atoms with Crippen LogP contribution < -0.4 is 5.32 Å². The molecule has 0 bridgehead atoms. The van der Waals surface area contributed by atoms with Gasteiger partial charge in [-0.15, -0.1) is 0 Å². The van der Waals surface area contributed by atoms with Crippen molar-refractivity contribution < 1.29 is 0 Å². The van der Waals surface area contributed by atoms with Crippen LogP contribution in [0.2, 0.25) is 0 Å². The lowest BCUT2D eigenvalue weighted by atomic mass is 9.99. The van der Waals surface area contributed by atoms with E-state index in [4.69, 9.17) is 0 Å². The zero-order chi connectivity index (χ0) is 11.0. The average molecular weight is 216 g/mol. The molecular formula is C12H16N4. The molecule has 2 aromatic heterocycles. The first-order chi connectivity index (χ1) is 7.84. The summed E-state index contributed by atoms with van der Waals surface area (Å²) in [5.74, 6) is 1.47. The Balaban J connectivity index is 2.01. The first kappa shape index (κ1) is 9.78. The van der Waals surface area contributed by atoms with Crippen LogP contribution in [0.25, 0.3) is 5.65 Å². The van der Waals surface area contributed by atoms with Gasteiger partial charge in [0.05, 0.1) is 0 Å². The maximum absolute atomic E-state index is 4.65. The van der Waals surface area contributed by atoms with Crippen molar-refractivity contribution in [3.05, 3.63) is 29.7 Å². The van der Waals surface area contributed by atoms with Crippen LogP contribution >= 0.6 is 0 Å². The number of fused-ring (bicyclic) bond motifs is 1. The topological polar surface area (TPSA) is 42.2 Å². The highest BCUT2D eigenvalue weighted by molar-refractivity contribution is 5.46. The van der Waals surface area contributed by atoms with Crippen LogP contribution in [-0.4, -0.2) is 27.7 Å². The summed E-state index contributed by atoms with van der Waals surface area (Å²) in [7, 11) is 0. The number of piperidine rings is 1. The summed E-state index contributed by atoms with van der Waals surface area (Å²) in [6.45, 7) is 4.21. The van der Waals surface area contributed by atoms with Gasteiger partial charge < -0.3 is 5.32 Å². The van der Waals surface area contributed by atoms with Crippen molar-refractivity contribution >= 4 is 5.65 Å². The molecule has 0 aromatic carbocycles. The molecule has 2 aromatic rings. The van der Waals surface area contributed by atoms with Gasteiger partial charge in [-0.25, -0.2) is 9.50 Å². The third-order valence-corrected chi connectivity index (χ3v) is 3.24. The van der Waals surface area contributed by atoms with E-state index in [0.717, 1.165) is 24.6 Å². The molecule has 0 spiro atoms. The minimum absolute atomic E-state index is 0.480. The van der Waals surface area contributed by atoms with Crippen molar-refractivity contribution in [3.63, 3.8) is 0 Å². The number of nitrogens with one attached hydrogen (secondary N) is 1. The molecule has 4 heteroatoms. The molecule has 16 heavy (non-hydrogen) atoms. The quantitative estimate of drug-likeness (QED) is 0.785. The van der Waals surface area contributed by atoms with Crippen LogP contribution in [-0.2, 0) is 0 Å². The Labute approximate surface area is 94.7 Å². The van der Waals surface area contributed by atoms with E-state index in [2.05, 4.69) is 28.4 Å². The molecule has 3 heterocycles. The number of rotatable bonds is 1. The number of pyridine rings is 1. The smallest absolute Gasteiger partial charge is 0.158 e. The Kier molecular flexibility index (Phi) is 2.36. The van der Waals surface area contributed by atoms with Gasteiger partial charge in [0.1, 0.15) is 0 Å². The summed E-state index contributed by atoms with van der Waals surface area (Å²) in [6.07, 6.45) is 4.39. The zero-order valence-corrected chi connectivity index (χ0v) is 9.48. The minimum atomic E-state index is 0.480. The Bertz CT molecular complexity index is 497. The fraction of sp³-hybridized carbons (Fsp3) is 0.500. The van der Waals surface area contributed by atoms with Crippen molar-refractivity contribution in [1.29, 1.82) is 0 Å². The van der Waals surface area contributed by atoms with Crippen LogP contribution in [0.3, 0.4) is 0 Å². The minimum Gasteiger partial charge on any atom is -0.316 e. The summed E-state index contributed by atoms with van der Waals surface area (Å²) in [4.78, 5) is 4.65. The Morgan fingerprint density at radius 2 is 2.44 bits per heavy atom. The molecule has 1 aliphatic heterocycles. The average Bonchev–Trinajstić information content (AvgIpc) is 2.76. The number of hydrogen-bond donors (Lipinski definition) is 1. The fourth-order valence-corrected chi connectivity index (χ4v) is 2.30. The molecular weight excluding hydrogens is 200 g/mol. The van der Waals surface area contributed by atoms with Crippen molar-refractivity contribution in [2.75, 3.05) is 13.1 Å². The predicted molar refractivity (Wildman–Crippen MR) is 62.6 cm³/mol. The van der Waals surface area contributed by atoms with Gasteiger partial charge in [0.25, 0.3) is 0 Å². The normalized spacial score (nSPS) is 21.4. The second-order valence-electron chi connectivity index (χ2n) is 4.47. The van der Waals surface area contributed by atoms with E-state index >= 15 is 0 Å². The largest absolute Gasteiger partial charge is 0.316 e. The lowest BCUT2D eigenvalue weighted by Crippen LogP contribution is -2.28. The summed E-state index contributed by atoms with van der Waals surface area (Å²) in [5.41, 5.74) is 2.17. The Morgan fingerprint density at radius 3 is 3.19 bits per heavy atom. The van der Waals surface area contributed by atoms with Gasteiger partial charge in [-0.1, -0.05) is 6.07 Å². The highest BCUT2D eigenvalue weighted by atomic mass is 15.3. The van der Waals surface area contributed by atoms with Crippen LogP contribution in [0.1, 0.15) is 30.1 Å². The van der Waals surface area contributed by atoms with E-state index in [9.17, 15) is 0 Å². The maximum atomic E-state index is 4.65. The van der Waals surface area contributed by atoms with E-state index in [1.54, 1.807) is 0 Å². The van der Waals surface area contributed by atoms with Crippen LogP contribution in [0.15, 0.2) is 18.3 Å². The molecule has 3 rings (SSSR count). The van der Waals surface area contributed by atoms with Gasteiger partial charge in [0, 0.05) is 18.7 Å². The second-order valence-corrected chi connectivity index (χ2v) is 4.47. The van der Waals surface area contributed by atoms with E-state index in [1.165, 1.54) is 18.4 Å². The molecule has 0 aliphatic carbocycles. The molecule has 84 valence electrons. The SMILES string of the molecule is Cc1cccn2nc(C3CCCNC3)nc12. The molecule has 1 fully saturated rings. The predicted octanol–water partition coefficient (Wildman–Crippen LogP) is 1.50. The fourth-order valence-electron chi connectivity index (χ4n) is 2.30. The van der Waals surface area contributed by atoms with Gasteiger partial charge in [-0.05, 0) is 37.9 Å². The third kappa shape index (κ3) is 1.59. The molecule has 1 atom stereocenters. The van der Waals surface area contributed by atoms with E-state index in [1.807, 2.05) is 16.8 Å². The molecule has 0 radical (unpaired) electrons. The monoisotopic (exact) mass is 216 g/mol.